The summed E-state index contributed by atoms with van der Waals surface area (Å²) in [6.07, 6.45) is 2.27. The van der Waals surface area contributed by atoms with Gasteiger partial charge in [-0.05, 0) is 73.0 Å². The summed E-state index contributed by atoms with van der Waals surface area (Å²) in [5, 5.41) is 15.1. The standard InChI is InChI=1S/C24H23Cl2N3O2/c1-16-10-21(5-6-22(16)23(30)28-14-20-4-2-3-8-27-20)29-9-7-24(31,15-29)17-11-18(25)13-19(26)12-17/h2-6,8,10-13,31H,7,9,14-15H2,1H3,(H,28,30). The topological polar surface area (TPSA) is 65.5 Å². The van der Waals surface area contributed by atoms with Crippen molar-refractivity contribution in [2.24, 2.45) is 0 Å². The predicted octanol–water partition coefficient (Wildman–Crippen LogP) is 4.72. The lowest BCUT2D eigenvalue weighted by Gasteiger charge is -2.25. The van der Waals surface area contributed by atoms with Crippen LogP contribution in [0.3, 0.4) is 0 Å². The number of carbonyl (C=O) groups is 1. The lowest BCUT2D eigenvalue weighted by atomic mass is 9.93. The van der Waals surface area contributed by atoms with E-state index < -0.39 is 5.60 Å². The third-order valence-electron chi connectivity index (χ3n) is 5.62. The largest absolute Gasteiger partial charge is 0.383 e. The number of nitrogens with one attached hydrogen (secondary N) is 1. The summed E-state index contributed by atoms with van der Waals surface area (Å²) >= 11 is 12.3. The van der Waals surface area contributed by atoms with Gasteiger partial charge in [0.2, 0.25) is 0 Å². The summed E-state index contributed by atoms with van der Waals surface area (Å²) in [6, 6.07) is 16.5. The molecule has 2 aromatic carbocycles. The van der Waals surface area contributed by atoms with Gasteiger partial charge in [0, 0.05) is 34.0 Å². The smallest absolute Gasteiger partial charge is 0.251 e. The van der Waals surface area contributed by atoms with Crippen LogP contribution in [0.1, 0.15) is 33.6 Å². The van der Waals surface area contributed by atoms with E-state index in [1.165, 1.54) is 0 Å². The quantitative estimate of drug-likeness (QED) is 0.583. The average molecular weight is 456 g/mol. The summed E-state index contributed by atoms with van der Waals surface area (Å²) in [5.41, 5.74) is 2.95. The van der Waals surface area contributed by atoms with Gasteiger partial charge in [0.05, 0.1) is 18.8 Å². The highest BCUT2D eigenvalue weighted by Crippen LogP contribution is 2.37. The molecule has 0 aliphatic carbocycles. The predicted molar refractivity (Wildman–Crippen MR) is 124 cm³/mol. The van der Waals surface area contributed by atoms with Crippen LogP contribution in [0.4, 0.5) is 5.69 Å². The van der Waals surface area contributed by atoms with Gasteiger partial charge in [-0.3, -0.25) is 9.78 Å². The number of carbonyl (C=O) groups excluding carboxylic acids is 1. The Labute approximate surface area is 191 Å². The molecule has 1 fully saturated rings. The van der Waals surface area contributed by atoms with Crippen LogP contribution in [-0.4, -0.2) is 29.1 Å². The highest BCUT2D eigenvalue weighted by molar-refractivity contribution is 6.34. The minimum atomic E-state index is -1.03. The Morgan fingerprint density at radius 3 is 2.61 bits per heavy atom. The number of aryl methyl sites for hydroxylation is 1. The molecule has 7 heteroatoms. The van der Waals surface area contributed by atoms with Crippen LogP contribution < -0.4 is 10.2 Å². The van der Waals surface area contributed by atoms with Gasteiger partial charge < -0.3 is 15.3 Å². The molecule has 3 aromatic rings. The Kier molecular flexibility index (Phi) is 6.19. The summed E-state index contributed by atoms with van der Waals surface area (Å²) in [4.78, 5) is 18.9. The molecule has 0 radical (unpaired) electrons. The summed E-state index contributed by atoms with van der Waals surface area (Å²) < 4.78 is 0. The highest BCUT2D eigenvalue weighted by Gasteiger charge is 2.38. The molecular weight excluding hydrogens is 433 g/mol. The zero-order valence-corrected chi connectivity index (χ0v) is 18.6. The second kappa shape index (κ2) is 8.87. The SMILES string of the molecule is Cc1cc(N2CCC(O)(c3cc(Cl)cc(Cl)c3)C2)ccc1C(=O)NCc1ccccn1. The van der Waals surface area contributed by atoms with E-state index in [2.05, 4.69) is 15.2 Å². The summed E-state index contributed by atoms with van der Waals surface area (Å²) in [6.45, 7) is 3.40. The molecular formula is C24H23Cl2N3O2. The number of β-amino-alcohol motifs (C(OH)–C–C–N with tert-alkyl or cyclic N) is 1. The molecule has 1 aliphatic rings. The highest BCUT2D eigenvalue weighted by atomic mass is 35.5. The van der Waals surface area contributed by atoms with E-state index in [1.54, 1.807) is 24.4 Å². The number of halogens is 2. The monoisotopic (exact) mass is 455 g/mol. The van der Waals surface area contributed by atoms with Crippen molar-refractivity contribution in [3.05, 3.63) is 93.2 Å². The number of anilines is 1. The number of aromatic nitrogens is 1. The zero-order chi connectivity index (χ0) is 22.0. The Morgan fingerprint density at radius 2 is 1.94 bits per heavy atom. The van der Waals surface area contributed by atoms with E-state index in [4.69, 9.17) is 23.2 Å². The fraction of sp³-hybridized carbons (Fsp3) is 0.250. The number of rotatable bonds is 5. The molecule has 0 saturated carbocycles. The first-order valence-electron chi connectivity index (χ1n) is 10.1. The van der Waals surface area contributed by atoms with Crippen molar-refractivity contribution in [2.45, 2.75) is 25.5 Å². The van der Waals surface area contributed by atoms with Crippen molar-refractivity contribution in [1.29, 1.82) is 0 Å². The lowest BCUT2D eigenvalue weighted by molar-refractivity contribution is 0.0607. The number of hydrogen-bond acceptors (Lipinski definition) is 4. The van der Waals surface area contributed by atoms with Crippen molar-refractivity contribution in [3.8, 4) is 0 Å². The van der Waals surface area contributed by atoms with Gasteiger partial charge >= 0.3 is 0 Å². The fourth-order valence-electron chi connectivity index (χ4n) is 3.94. The van der Waals surface area contributed by atoms with Crippen LogP contribution in [-0.2, 0) is 12.1 Å². The molecule has 4 rings (SSSR count). The number of benzene rings is 2. The van der Waals surface area contributed by atoms with E-state index in [-0.39, 0.29) is 5.91 Å². The number of hydrogen-bond donors (Lipinski definition) is 2. The third-order valence-corrected chi connectivity index (χ3v) is 6.06. The van der Waals surface area contributed by atoms with Gasteiger partial charge in [-0.25, -0.2) is 0 Å². The molecule has 2 N–H and O–H groups in total. The molecule has 1 atom stereocenters. The first kappa shape index (κ1) is 21.6. The molecule has 0 bridgehead atoms. The van der Waals surface area contributed by atoms with Gasteiger partial charge in [0.15, 0.2) is 0 Å². The van der Waals surface area contributed by atoms with Crippen LogP contribution in [0.15, 0.2) is 60.8 Å². The Balaban J connectivity index is 1.46. The third kappa shape index (κ3) is 4.85. The molecule has 1 amide bonds. The number of pyridine rings is 1. The van der Waals surface area contributed by atoms with Crippen molar-refractivity contribution < 1.29 is 9.90 Å². The molecule has 0 spiro atoms. The van der Waals surface area contributed by atoms with Gasteiger partial charge in [-0.1, -0.05) is 29.3 Å². The first-order chi connectivity index (χ1) is 14.8. The minimum absolute atomic E-state index is 0.138. The van der Waals surface area contributed by atoms with Gasteiger partial charge in [0.1, 0.15) is 5.60 Å². The lowest BCUT2D eigenvalue weighted by Crippen LogP contribution is -2.31. The van der Waals surface area contributed by atoms with Crippen molar-refractivity contribution in [1.82, 2.24) is 10.3 Å². The molecule has 5 nitrogen and oxygen atoms in total. The summed E-state index contributed by atoms with van der Waals surface area (Å²) in [5.74, 6) is -0.138. The molecule has 1 aromatic heterocycles. The van der Waals surface area contributed by atoms with Crippen LogP contribution in [0.5, 0.6) is 0 Å². The van der Waals surface area contributed by atoms with Gasteiger partial charge in [-0.2, -0.15) is 0 Å². The normalized spacial score (nSPS) is 18.3. The minimum Gasteiger partial charge on any atom is -0.383 e. The van der Waals surface area contributed by atoms with E-state index in [1.807, 2.05) is 43.3 Å². The van der Waals surface area contributed by atoms with Crippen molar-refractivity contribution in [3.63, 3.8) is 0 Å². The number of nitrogens with zero attached hydrogens (tertiary/aromatic N) is 2. The van der Waals surface area contributed by atoms with Gasteiger partial charge in [0.25, 0.3) is 5.91 Å². The van der Waals surface area contributed by atoms with E-state index in [0.717, 1.165) is 22.5 Å². The maximum absolute atomic E-state index is 12.6. The molecule has 2 heterocycles. The molecule has 31 heavy (non-hydrogen) atoms. The number of aliphatic hydroxyl groups is 1. The van der Waals surface area contributed by atoms with Crippen LogP contribution in [0.2, 0.25) is 10.0 Å². The second-order valence-corrected chi connectivity index (χ2v) is 8.74. The molecule has 1 aliphatic heterocycles. The Hall–Kier alpha value is -2.60. The van der Waals surface area contributed by atoms with Crippen LogP contribution in [0.25, 0.3) is 0 Å². The Morgan fingerprint density at radius 1 is 1.16 bits per heavy atom. The Bertz CT molecular complexity index is 1090. The fourth-order valence-corrected chi connectivity index (χ4v) is 4.47. The zero-order valence-electron chi connectivity index (χ0n) is 17.1. The molecule has 160 valence electrons. The van der Waals surface area contributed by atoms with Crippen LogP contribution in [0, 0.1) is 6.92 Å². The van der Waals surface area contributed by atoms with E-state index in [0.29, 0.717) is 41.7 Å². The van der Waals surface area contributed by atoms with Crippen molar-refractivity contribution >= 4 is 34.8 Å². The maximum atomic E-state index is 12.6. The molecule has 1 saturated heterocycles. The van der Waals surface area contributed by atoms with E-state index in [9.17, 15) is 9.90 Å². The van der Waals surface area contributed by atoms with Gasteiger partial charge in [-0.15, -0.1) is 0 Å². The second-order valence-electron chi connectivity index (χ2n) is 7.86. The number of amides is 1. The van der Waals surface area contributed by atoms with Crippen molar-refractivity contribution in [2.75, 3.05) is 18.0 Å². The van der Waals surface area contributed by atoms with E-state index >= 15 is 0 Å². The first-order valence-corrected chi connectivity index (χ1v) is 10.8. The van der Waals surface area contributed by atoms with Crippen LogP contribution >= 0.6 is 23.2 Å². The maximum Gasteiger partial charge on any atom is 0.251 e. The average Bonchev–Trinajstić information content (AvgIpc) is 3.15. The molecule has 1 unspecified atom stereocenters. The summed E-state index contributed by atoms with van der Waals surface area (Å²) in [7, 11) is 0.